The number of allylic oxidation sites excluding steroid dienone is 1. The van der Waals surface area contributed by atoms with Crippen molar-refractivity contribution in [2.24, 2.45) is 0 Å². The monoisotopic (exact) mass is 730 g/mol. The third kappa shape index (κ3) is 6.79. The van der Waals surface area contributed by atoms with Crippen LogP contribution in [0.3, 0.4) is 0 Å². The minimum Gasteiger partial charge on any atom is -0.507 e. The van der Waals surface area contributed by atoms with Gasteiger partial charge in [-0.25, -0.2) is 9.67 Å². The van der Waals surface area contributed by atoms with Crippen LogP contribution >= 0.6 is 0 Å². The van der Waals surface area contributed by atoms with Gasteiger partial charge in [0.15, 0.2) is 5.78 Å². The van der Waals surface area contributed by atoms with Crippen LogP contribution in [0.2, 0.25) is 0 Å². The van der Waals surface area contributed by atoms with E-state index in [0.29, 0.717) is 31.6 Å². The number of phenols is 1. The van der Waals surface area contributed by atoms with Crippen LogP contribution in [-0.2, 0) is 22.6 Å². The molecule has 4 aliphatic heterocycles. The number of fused-ring (bicyclic) bond motifs is 3. The van der Waals surface area contributed by atoms with Crippen molar-refractivity contribution in [3.63, 3.8) is 0 Å². The second-order valence-corrected chi connectivity index (χ2v) is 13.9. The lowest BCUT2D eigenvalue weighted by atomic mass is 10.0. The molecule has 0 radical (unpaired) electrons. The molecule has 3 fully saturated rings. The topological polar surface area (TPSA) is 180 Å². The molecule has 3 saturated heterocycles. The average Bonchev–Trinajstić information content (AvgIpc) is 3.95. The van der Waals surface area contributed by atoms with Gasteiger partial charge < -0.3 is 19.6 Å². The summed E-state index contributed by atoms with van der Waals surface area (Å²) in [4.78, 5) is 73.3. The SMILES string of the molecule is O=C1CCC(N2C(=O)c3cccc(OCCCCc4cn(Cc5cccc(N6C[C@H]7C[C@@H]6CN7/C=C/C(=O)c6ccccc6O)n5)nn4)c3C2=O)C(=O)N1. The van der Waals surface area contributed by atoms with Crippen molar-refractivity contribution in [2.45, 2.75) is 63.2 Å². The van der Waals surface area contributed by atoms with Crippen LogP contribution in [0.15, 0.2) is 79.1 Å². The van der Waals surface area contributed by atoms with E-state index in [1.165, 1.54) is 12.1 Å². The minimum atomic E-state index is -1.03. The number of rotatable bonds is 13. The van der Waals surface area contributed by atoms with E-state index in [4.69, 9.17) is 9.72 Å². The molecule has 54 heavy (non-hydrogen) atoms. The molecular formula is C39H38N8O7. The highest BCUT2D eigenvalue weighted by Crippen LogP contribution is 2.35. The predicted octanol–water partition coefficient (Wildman–Crippen LogP) is 2.89. The number of piperidine rings is 1. The van der Waals surface area contributed by atoms with Crippen LogP contribution < -0.4 is 15.0 Å². The number of ether oxygens (including phenoxy) is 1. The number of likely N-dealkylation sites (tertiary alicyclic amines) is 1. The number of para-hydroxylation sites is 1. The lowest BCUT2D eigenvalue weighted by molar-refractivity contribution is -0.136. The zero-order chi connectivity index (χ0) is 37.3. The normalized spacial score (nSPS) is 20.7. The molecule has 2 aromatic carbocycles. The van der Waals surface area contributed by atoms with Gasteiger partial charge in [-0.3, -0.25) is 34.2 Å². The number of hydrogen-bond donors (Lipinski definition) is 2. The van der Waals surface area contributed by atoms with E-state index >= 15 is 0 Å². The summed E-state index contributed by atoms with van der Waals surface area (Å²) < 4.78 is 7.72. The Balaban J connectivity index is 0.802. The molecular weight excluding hydrogens is 692 g/mol. The van der Waals surface area contributed by atoms with Crippen LogP contribution in [0.25, 0.3) is 0 Å². The van der Waals surface area contributed by atoms with Crippen molar-refractivity contribution in [1.82, 2.24) is 35.1 Å². The van der Waals surface area contributed by atoms with Crippen LogP contribution in [-0.4, -0.2) is 102 Å². The summed E-state index contributed by atoms with van der Waals surface area (Å²) in [6, 6.07) is 16.9. The maximum absolute atomic E-state index is 13.3. The van der Waals surface area contributed by atoms with Crippen molar-refractivity contribution in [3.8, 4) is 11.5 Å². The number of amides is 4. The molecule has 2 bridgehead atoms. The number of pyridine rings is 1. The largest absolute Gasteiger partial charge is 0.507 e. The van der Waals surface area contributed by atoms with E-state index in [9.17, 15) is 29.1 Å². The molecule has 4 aromatic rings. The number of hydrogen-bond acceptors (Lipinski definition) is 12. The van der Waals surface area contributed by atoms with Crippen molar-refractivity contribution in [1.29, 1.82) is 0 Å². The molecule has 0 spiro atoms. The molecule has 15 nitrogen and oxygen atoms in total. The van der Waals surface area contributed by atoms with Gasteiger partial charge >= 0.3 is 0 Å². The molecule has 2 N–H and O–H groups in total. The maximum Gasteiger partial charge on any atom is 0.266 e. The van der Waals surface area contributed by atoms with E-state index in [-0.39, 0.29) is 53.3 Å². The Labute approximate surface area is 310 Å². The molecule has 276 valence electrons. The lowest BCUT2D eigenvalue weighted by Crippen LogP contribution is -2.54. The number of aromatic hydroxyl groups is 1. The molecule has 4 aliphatic rings. The van der Waals surface area contributed by atoms with Crippen molar-refractivity contribution < 1.29 is 33.8 Å². The first-order valence-electron chi connectivity index (χ1n) is 18.1. The van der Waals surface area contributed by atoms with Gasteiger partial charge in [-0.05, 0) is 68.5 Å². The van der Waals surface area contributed by atoms with Gasteiger partial charge in [0.2, 0.25) is 11.8 Å². The number of nitrogens with zero attached hydrogens (tertiary/aromatic N) is 7. The van der Waals surface area contributed by atoms with E-state index in [1.807, 2.05) is 30.6 Å². The molecule has 2 aromatic heterocycles. The summed E-state index contributed by atoms with van der Waals surface area (Å²) in [5.41, 5.74) is 2.31. The summed E-state index contributed by atoms with van der Waals surface area (Å²) in [6.45, 7) is 2.36. The van der Waals surface area contributed by atoms with Crippen LogP contribution in [0.1, 0.15) is 74.6 Å². The fourth-order valence-electron chi connectivity index (χ4n) is 7.70. The van der Waals surface area contributed by atoms with E-state index < -0.39 is 29.7 Å². The number of phenolic OH excluding ortho intramolecular Hbond substituents is 1. The van der Waals surface area contributed by atoms with E-state index in [2.05, 4.69) is 25.4 Å². The number of benzene rings is 2. The third-order valence-electron chi connectivity index (χ3n) is 10.4. The van der Waals surface area contributed by atoms with Crippen LogP contribution in [0.5, 0.6) is 11.5 Å². The Hall–Kier alpha value is -6.38. The van der Waals surface area contributed by atoms with Crippen molar-refractivity contribution in [2.75, 3.05) is 24.6 Å². The van der Waals surface area contributed by atoms with Crippen LogP contribution in [0, 0.1) is 0 Å². The number of carbonyl (C=O) groups excluding carboxylic acids is 5. The second kappa shape index (κ2) is 14.6. The Morgan fingerprint density at radius 1 is 0.944 bits per heavy atom. The van der Waals surface area contributed by atoms with Crippen molar-refractivity contribution >= 4 is 35.2 Å². The van der Waals surface area contributed by atoms with Gasteiger partial charge in [0.1, 0.15) is 23.4 Å². The molecule has 0 saturated carbocycles. The fraction of sp³-hybridized carbons (Fsp3) is 0.333. The average molecular weight is 731 g/mol. The van der Waals surface area contributed by atoms with Gasteiger partial charge in [-0.15, -0.1) is 5.10 Å². The van der Waals surface area contributed by atoms with Gasteiger partial charge in [-0.2, -0.15) is 0 Å². The molecule has 8 rings (SSSR count). The molecule has 1 unspecified atom stereocenters. The Morgan fingerprint density at radius 3 is 2.61 bits per heavy atom. The summed E-state index contributed by atoms with van der Waals surface area (Å²) in [7, 11) is 0. The van der Waals surface area contributed by atoms with Crippen molar-refractivity contribution in [3.05, 3.63) is 107 Å². The number of carbonyl (C=O) groups is 5. The molecule has 0 aliphatic carbocycles. The maximum atomic E-state index is 13.3. The first-order valence-corrected chi connectivity index (χ1v) is 18.1. The zero-order valence-electron chi connectivity index (χ0n) is 29.3. The summed E-state index contributed by atoms with van der Waals surface area (Å²) in [6.07, 6.45) is 8.50. The van der Waals surface area contributed by atoms with Gasteiger partial charge in [0.25, 0.3) is 11.8 Å². The summed E-state index contributed by atoms with van der Waals surface area (Å²) in [5, 5.41) is 20.8. The molecule has 4 amide bonds. The number of unbranched alkanes of at least 4 members (excludes halogenated alkanes) is 1. The highest BCUT2D eigenvalue weighted by Gasteiger charge is 2.46. The Morgan fingerprint density at radius 2 is 1.80 bits per heavy atom. The number of aryl methyl sites for hydroxylation is 1. The second-order valence-electron chi connectivity index (χ2n) is 13.9. The number of nitrogens with one attached hydrogen (secondary N) is 1. The molecule has 3 atom stereocenters. The Kier molecular flexibility index (Phi) is 9.36. The van der Waals surface area contributed by atoms with Gasteiger partial charge in [0.05, 0.1) is 41.2 Å². The van der Waals surface area contributed by atoms with E-state index in [1.54, 1.807) is 41.1 Å². The highest BCUT2D eigenvalue weighted by molar-refractivity contribution is 6.24. The zero-order valence-corrected chi connectivity index (χ0v) is 29.3. The van der Waals surface area contributed by atoms with Gasteiger partial charge in [-0.1, -0.05) is 29.5 Å². The Bertz CT molecular complexity index is 2180. The summed E-state index contributed by atoms with van der Waals surface area (Å²) >= 11 is 0. The number of imide groups is 2. The number of ketones is 1. The standard InChI is InChI=1S/C39H38N8O7/c48-31-11-2-1-9-28(31)32(49)16-17-44-22-27-19-26(44)23-46(27)34-13-5-8-24(40-34)20-45-21-25(42-43-45)7-3-4-18-54-33-12-6-10-29-36(33)39(53)47(38(29)52)30-14-15-35(50)41-37(30)51/h1-2,5-6,8-13,16-17,21,26-27,30,48H,3-4,7,14-15,18-20,22-23H2,(H,41,50,51)/b17-16+/t26-,27-,30?/m1/s1. The third-order valence-corrected chi connectivity index (χ3v) is 10.4. The van der Waals surface area contributed by atoms with E-state index in [0.717, 1.165) is 48.0 Å². The fourth-order valence-corrected chi connectivity index (χ4v) is 7.70. The highest BCUT2D eigenvalue weighted by atomic mass is 16.5. The number of piperazine rings is 1. The van der Waals surface area contributed by atoms with Gasteiger partial charge in [0, 0.05) is 50.1 Å². The quantitative estimate of drug-likeness (QED) is 0.0891. The predicted molar refractivity (Wildman–Crippen MR) is 193 cm³/mol. The smallest absolute Gasteiger partial charge is 0.266 e. The first kappa shape index (κ1) is 34.7. The lowest BCUT2D eigenvalue weighted by Gasteiger charge is -2.34. The number of anilines is 1. The first-order chi connectivity index (χ1) is 26.2. The summed E-state index contributed by atoms with van der Waals surface area (Å²) in [5.74, 6) is -1.29. The number of aromatic nitrogens is 4. The molecule has 6 heterocycles. The molecule has 15 heteroatoms. The van der Waals surface area contributed by atoms with Crippen LogP contribution in [0.4, 0.5) is 5.82 Å². The minimum absolute atomic E-state index is 0.0203.